The van der Waals surface area contributed by atoms with E-state index < -0.39 is 17.3 Å². The summed E-state index contributed by atoms with van der Waals surface area (Å²) in [5.74, 6) is 0. The van der Waals surface area contributed by atoms with E-state index in [2.05, 4.69) is 4.98 Å². The number of carbonyl (C=O) groups excluding carboxylic acids is 1. The van der Waals surface area contributed by atoms with Gasteiger partial charge in [-0.05, 0) is 34.6 Å². The Kier molecular flexibility index (Phi) is 3.62. The van der Waals surface area contributed by atoms with Crippen molar-refractivity contribution < 1.29 is 14.6 Å². The Hall–Kier alpha value is -1.36. The van der Waals surface area contributed by atoms with Crippen molar-refractivity contribution in [3.8, 4) is 0 Å². The summed E-state index contributed by atoms with van der Waals surface area (Å²) in [4.78, 5) is 15.7. The van der Waals surface area contributed by atoms with E-state index in [9.17, 15) is 9.90 Å². The molecule has 5 nitrogen and oxygen atoms in total. The van der Waals surface area contributed by atoms with Gasteiger partial charge in [0.1, 0.15) is 11.9 Å². The summed E-state index contributed by atoms with van der Waals surface area (Å²) in [5.41, 5.74) is -0.714. The van der Waals surface area contributed by atoms with Gasteiger partial charge in [-0.3, -0.25) is 0 Å². The van der Waals surface area contributed by atoms with Gasteiger partial charge in [0, 0.05) is 12.6 Å². The second kappa shape index (κ2) is 4.49. The van der Waals surface area contributed by atoms with Gasteiger partial charge in [-0.15, -0.1) is 0 Å². The first-order valence-corrected chi connectivity index (χ1v) is 5.55. The number of aromatic nitrogens is 2. The summed E-state index contributed by atoms with van der Waals surface area (Å²) in [6.07, 6.45) is 2.90. The molecule has 96 valence electrons. The first-order valence-electron chi connectivity index (χ1n) is 5.55. The maximum Gasteiger partial charge on any atom is 0.419 e. The number of hydrogen-bond acceptors (Lipinski definition) is 4. The highest BCUT2D eigenvalue weighted by Crippen LogP contribution is 2.12. The maximum atomic E-state index is 11.7. The number of carbonyl (C=O) groups is 1. The molecule has 0 unspecified atom stereocenters. The highest BCUT2D eigenvalue weighted by atomic mass is 16.6. The lowest BCUT2D eigenvalue weighted by atomic mass is 10.0. The molecule has 5 heteroatoms. The summed E-state index contributed by atoms with van der Waals surface area (Å²) in [5, 5.41) is 9.64. The molecule has 0 aliphatic heterocycles. The van der Waals surface area contributed by atoms with Crippen molar-refractivity contribution in [2.45, 2.75) is 52.2 Å². The minimum absolute atomic E-state index is 0.392. The standard InChI is InChI=1S/C12H20N2O3/c1-11(2,3)17-10(15)14-7-9(13-8-14)6-12(4,5)16/h7-8,16H,6H2,1-5H3. The largest absolute Gasteiger partial charge is 0.443 e. The number of aliphatic hydroxyl groups is 1. The third kappa shape index (κ3) is 4.99. The third-order valence-corrected chi connectivity index (χ3v) is 1.85. The Morgan fingerprint density at radius 1 is 1.41 bits per heavy atom. The molecule has 0 aromatic carbocycles. The molecule has 0 radical (unpaired) electrons. The predicted molar refractivity (Wildman–Crippen MR) is 63.9 cm³/mol. The first-order chi connectivity index (χ1) is 7.57. The van der Waals surface area contributed by atoms with E-state index in [1.807, 2.05) is 0 Å². The van der Waals surface area contributed by atoms with Crippen LogP contribution in [0, 0.1) is 0 Å². The fourth-order valence-corrected chi connectivity index (χ4v) is 1.31. The van der Waals surface area contributed by atoms with Gasteiger partial charge < -0.3 is 9.84 Å². The summed E-state index contributed by atoms with van der Waals surface area (Å²) in [6, 6.07) is 0. The molecule has 0 spiro atoms. The monoisotopic (exact) mass is 240 g/mol. The van der Waals surface area contributed by atoms with E-state index in [4.69, 9.17) is 4.74 Å². The van der Waals surface area contributed by atoms with E-state index in [-0.39, 0.29) is 0 Å². The van der Waals surface area contributed by atoms with E-state index >= 15 is 0 Å². The molecule has 0 bridgehead atoms. The summed E-state index contributed by atoms with van der Waals surface area (Å²) in [7, 11) is 0. The van der Waals surface area contributed by atoms with Crippen LogP contribution in [0.1, 0.15) is 40.3 Å². The molecule has 0 saturated heterocycles. The van der Waals surface area contributed by atoms with Crippen LogP contribution in [-0.4, -0.2) is 32.0 Å². The molecule has 1 heterocycles. The smallest absolute Gasteiger partial charge is 0.419 e. The van der Waals surface area contributed by atoms with Crippen molar-refractivity contribution in [1.29, 1.82) is 0 Å². The van der Waals surface area contributed by atoms with Gasteiger partial charge >= 0.3 is 6.09 Å². The van der Waals surface area contributed by atoms with Crippen molar-refractivity contribution in [1.82, 2.24) is 9.55 Å². The van der Waals surface area contributed by atoms with Crippen molar-refractivity contribution in [2.75, 3.05) is 0 Å². The van der Waals surface area contributed by atoms with E-state index in [1.165, 1.54) is 10.9 Å². The molecule has 0 fully saturated rings. The van der Waals surface area contributed by atoms with Crippen molar-refractivity contribution in [3.05, 3.63) is 18.2 Å². The molecule has 0 saturated carbocycles. The molecule has 17 heavy (non-hydrogen) atoms. The topological polar surface area (TPSA) is 64.4 Å². The zero-order valence-electron chi connectivity index (χ0n) is 11.0. The minimum atomic E-state index is -0.840. The average molecular weight is 240 g/mol. The van der Waals surface area contributed by atoms with Gasteiger partial charge in [-0.1, -0.05) is 0 Å². The van der Waals surface area contributed by atoms with Gasteiger partial charge in [0.25, 0.3) is 0 Å². The number of rotatable bonds is 2. The normalized spacial score (nSPS) is 12.6. The van der Waals surface area contributed by atoms with E-state index in [1.54, 1.807) is 40.8 Å². The highest BCUT2D eigenvalue weighted by Gasteiger charge is 2.20. The maximum absolute atomic E-state index is 11.7. The van der Waals surface area contributed by atoms with E-state index in [0.717, 1.165) is 0 Å². The molecule has 0 amide bonds. The van der Waals surface area contributed by atoms with Gasteiger partial charge in [-0.2, -0.15) is 0 Å². The average Bonchev–Trinajstić information content (AvgIpc) is 2.45. The Balaban J connectivity index is 2.72. The van der Waals surface area contributed by atoms with Crippen molar-refractivity contribution in [2.24, 2.45) is 0 Å². The lowest BCUT2D eigenvalue weighted by molar-refractivity contribution is 0.0534. The van der Waals surface area contributed by atoms with Gasteiger partial charge in [-0.25, -0.2) is 14.3 Å². The van der Waals surface area contributed by atoms with Crippen LogP contribution in [-0.2, 0) is 11.2 Å². The van der Waals surface area contributed by atoms with Crippen LogP contribution in [0.4, 0.5) is 4.79 Å². The molecule has 0 aliphatic rings. The van der Waals surface area contributed by atoms with Crippen molar-refractivity contribution >= 4 is 6.09 Å². The molecule has 1 aromatic heterocycles. The fraction of sp³-hybridized carbons (Fsp3) is 0.667. The minimum Gasteiger partial charge on any atom is -0.443 e. The summed E-state index contributed by atoms with van der Waals surface area (Å²) >= 11 is 0. The predicted octanol–water partition coefficient (Wildman–Crippen LogP) is 1.98. The van der Waals surface area contributed by atoms with Crippen LogP contribution in [0.15, 0.2) is 12.5 Å². The second-order valence-electron chi connectivity index (χ2n) is 5.74. The molecular weight excluding hydrogens is 220 g/mol. The molecule has 1 rings (SSSR count). The Bertz CT molecular complexity index is 397. The van der Waals surface area contributed by atoms with Crippen LogP contribution >= 0.6 is 0 Å². The Labute approximate surface area is 101 Å². The molecule has 0 aliphatic carbocycles. The molecule has 1 aromatic rings. The number of ether oxygens (including phenoxy) is 1. The first kappa shape index (κ1) is 13.7. The molecule has 0 atom stereocenters. The van der Waals surface area contributed by atoms with Gasteiger partial charge in [0.15, 0.2) is 0 Å². The van der Waals surface area contributed by atoms with Crippen LogP contribution < -0.4 is 0 Å². The highest BCUT2D eigenvalue weighted by molar-refractivity contribution is 5.70. The van der Waals surface area contributed by atoms with Crippen LogP contribution in [0.25, 0.3) is 0 Å². The quantitative estimate of drug-likeness (QED) is 0.858. The van der Waals surface area contributed by atoms with Crippen LogP contribution in [0.2, 0.25) is 0 Å². The fourth-order valence-electron chi connectivity index (χ4n) is 1.31. The summed E-state index contributed by atoms with van der Waals surface area (Å²) < 4.78 is 6.47. The Morgan fingerprint density at radius 3 is 2.47 bits per heavy atom. The summed E-state index contributed by atoms with van der Waals surface area (Å²) in [6.45, 7) is 8.80. The number of imidazole rings is 1. The lowest BCUT2D eigenvalue weighted by Gasteiger charge is -2.19. The number of hydrogen-bond donors (Lipinski definition) is 1. The molecular formula is C12H20N2O3. The lowest BCUT2D eigenvalue weighted by Crippen LogP contribution is -2.26. The zero-order valence-corrected chi connectivity index (χ0v) is 11.0. The number of nitrogens with zero attached hydrogens (tertiary/aromatic N) is 2. The van der Waals surface area contributed by atoms with Gasteiger partial charge in [0.2, 0.25) is 0 Å². The van der Waals surface area contributed by atoms with Crippen LogP contribution in [0.5, 0.6) is 0 Å². The second-order valence-corrected chi connectivity index (χ2v) is 5.74. The third-order valence-electron chi connectivity index (χ3n) is 1.85. The van der Waals surface area contributed by atoms with Crippen molar-refractivity contribution in [3.63, 3.8) is 0 Å². The van der Waals surface area contributed by atoms with E-state index in [0.29, 0.717) is 12.1 Å². The SMILES string of the molecule is CC(C)(O)Cc1cn(C(=O)OC(C)(C)C)cn1. The van der Waals surface area contributed by atoms with Crippen LogP contribution in [0.3, 0.4) is 0 Å². The zero-order chi connectivity index (χ0) is 13.3. The Morgan fingerprint density at radius 2 is 2.00 bits per heavy atom. The molecule has 1 N–H and O–H groups in total. The van der Waals surface area contributed by atoms with Gasteiger partial charge in [0.05, 0.1) is 11.3 Å².